The molecule has 112 valence electrons. The van der Waals surface area contributed by atoms with E-state index in [1.165, 1.54) is 6.20 Å². The van der Waals surface area contributed by atoms with Gasteiger partial charge in [0, 0.05) is 25.2 Å². The van der Waals surface area contributed by atoms with Crippen LogP contribution in [0.1, 0.15) is 34.6 Å². The van der Waals surface area contributed by atoms with E-state index in [4.69, 9.17) is 9.84 Å². The number of carbonyl (C=O) groups is 1. The average molecular weight is 289 g/mol. The van der Waals surface area contributed by atoms with E-state index in [1.54, 1.807) is 18.8 Å². The molecule has 2 aromatic rings. The van der Waals surface area contributed by atoms with Gasteiger partial charge in [-0.15, -0.1) is 0 Å². The SMILES string of the molecule is COc1ccccc1[C@H](C)NCc1c(C(=O)O)cnn1C. The van der Waals surface area contributed by atoms with Crippen molar-refractivity contribution in [3.05, 3.63) is 47.3 Å². The van der Waals surface area contributed by atoms with Gasteiger partial charge in [0.25, 0.3) is 0 Å². The van der Waals surface area contributed by atoms with Gasteiger partial charge in [0.05, 0.1) is 19.0 Å². The first-order valence-corrected chi connectivity index (χ1v) is 6.65. The molecule has 21 heavy (non-hydrogen) atoms. The third-order valence-electron chi connectivity index (χ3n) is 3.47. The lowest BCUT2D eigenvalue weighted by Gasteiger charge is -2.17. The van der Waals surface area contributed by atoms with E-state index in [0.717, 1.165) is 11.3 Å². The van der Waals surface area contributed by atoms with Gasteiger partial charge in [-0.25, -0.2) is 4.79 Å². The molecule has 0 aliphatic heterocycles. The van der Waals surface area contributed by atoms with E-state index < -0.39 is 5.97 Å². The van der Waals surface area contributed by atoms with E-state index in [0.29, 0.717) is 12.2 Å². The Labute approximate surface area is 123 Å². The molecule has 1 atom stereocenters. The Kier molecular flexibility index (Phi) is 4.59. The van der Waals surface area contributed by atoms with Crippen LogP contribution in [0, 0.1) is 0 Å². The van der Waals surface area contributed by atoms with Gasteiger partial charge >= 0.3 is 5.97 Å². The van der Waals surface area contributed by atoms with Gasteiger partial charge in [-0.05, 0) is 13.0 Å². The molecule has 0 fully saturated rings. The van der Waals surface area contributed by atoms with Crippen LogP contribution in [0.3, 0.4) is 0 Å². The summed E-state index contributed by atoms with van der Waals surface area (Å²) in [5, 5.41) is 16.4. The lowest BCUT2D eigenvalue weighted by molar-refractivity contribution is 0.0695. The van der Waals surface area contributed by atoms with Gasteiger partial charge < -0.3 is 15.2 Å². The number of aromatic carboxylic acids is 1. The number of nitrogens with one attached hydrogen (secondary N) is 1. The standard InChI is InChI=1S/C15H19N3O3/c1-10(11-6-4-5-7-14(11)21-3)16-9-13-12(15(19)20)8-17-18(13)2/h4-8,10,16H,9H2,1-3H3,(H,19,20)/t10-/m0/s1. The number of methoxy groups -OCH3 is 1. The minimum Gasteiger partial charge on any atom is -0.496 e. The molecular formula is C15H19N3O3. The summed E-state index contributed by atoms with van der Waals surface area (Å²) in [6.45, 7) is 2.42. The maximum Gasteiger partial charge on any atom is 0.339 e. The van der Waals surface area contributed by atoms with E-state index in [1.807, 2.05) is 31.2 Å². The van der Waals surface area contributed by atoms with Gasteiger partial charge in [-0.2, -0.15) is 5.10 Å². The highest BCUT2D eigenvalue weighted by Crippen LogP contribution is 2.24. The highest BCUT2D eigenvalue weighted by molar-refractivity contribution is 5.88. The second kappa shape index (κ2) is 6.41. The fourth-order valence-electron chi connectivity index (χ4n) is 2.24. The van der Waals surface area contributed by atoms with Crippen LogP contribution in [-0.2, 0) is 13.6 Å². The molecule has 1 heterocycles. The number of nitrogens with zero attached hydrogens (tertiary/aromatic N) is 2. The lowest BCUT2D eigenvalue weighted by atomic mass is 10.1. The Hall–Kier alpha value is -2.34. The maximum atomic E-state index is 11.1. The second-order valence-electron chi connectivity index (χ2n) is 4.78. The normalized spacial score (nSPS) is 12.1. The molecule has 1 aromatic carbocycles. The topological polar surface area (TPSA) is 76.4 Å². The molecule has 0 aliphatic carbocycles. The fourth-order valence-corrected chi connectivity index (χ4v) is 2.24. The van der Waals surface area contributed by atoms with Crippen LogP contribution in [-0.4, -0.2) is 28.0 Å². The molecule has 0 radical (unpaired) electrons. The third-order valence-corrected chi connectivity index (χ3v) is 3.47. The van der Waals surface area contributed by atoms with Crippen LogP contribution in [0.4, 0.5) is 0 Å². The maximum absolute atomic E-state index is 11.1. The fraction of sp³-hybridized carbons (Fsp3) is 0.333. The largest absolute Gasteiger partial charge is 0.496 e. The Balaban J connectivity index is 2.13. The number of hydrogen-bond donors (Lipinski definition) is 2. The first-order valence-electron chi connectivity index (χ1n) is 6.65. The predicted octanol–water partition coefficient (Wildman–Crippen LogP) is 1.98. The number of aromatic nitrogens is 2. The first kappa shape index (κ1) is 15.1. The minimum atomic E-state index is -0.968. The Morgan fingerprint density at radius 2 is 2.19 bits per heavy atom. The quantitative estimate of drug-likeness (QED) is 0.850. The number of carboxylic acids is 1. The van der Waals surface area contributed by atoms with Crippen LogP contribution in [0.2, 0.25) is 0 Å². The number of hydrogen-bond acceptors (Lipinski definition) is 4. The lowest BCUT2D eigenvalue weighted by Crippen LogP contribution is -2.21. The monoisotopic (exact) mass is 289 g/mol. The molecule has 1 aromatic heterocycles. The smallest absolute Gasteiger partial charge is 0.339 e. The zero-order valence-corrected chi connectivity index (χ0v) is 12.3. The zero-order chi connectivity index (χ0) is 15.4. The van der Waals surface area contributed by atoms with Crippen molar-refractivity contribution in [1.29, 1.82) is 0 Å². The van der Waals surface area contributed by atoms with Crippen molar-refractivity contribution in [3.8, 4) is 5.75 Å². The Bertz CT molecular complexity index is 637. The number of para-hydroxylation sites is 1. The average Bonchev–Trinajstić information content (AvgIpc) is 2.86. The van der Waals surface area contributed by atoms with Crippen molar-refractivity contribution < 1.29 is 14.6 Å². The number of carboxylic acid groups (broad SMARTS) is 1. The molecule has 0 saturated carbocycles. The van der Waals surface area contributed by atoms with E-state index in [9.17, 15) is 4.79 Å². The Morgan fingerprint density at radius 1 is 1.48 bits per heavy atom. The van der Waals surface area contributed by atoms with Gasteiger partial charge in [0.2, 0.25) is 0 Å². The molecule has 2 N–H and O–H groups in total. The van der Waals surface area contributed by atoms with Gasteiger partial charge in [-0.3, -0.25) is 4.68 Å². The molecule has 0 unspecified atom stereocenters. The summed E-state index contributed by atoms with van der Waals surface area (Å²) in [5.41, 5.74) is 1.89. The minimum absolute atomic E-state index is 0.0256. The van der Waals surface area contributed by atoms with E-state index in [-0.39, 0.29) is 11.6 Å². The van der Waals surface area contributed by atoms with Gasteiger partial charge in [0.1, 0.15) is 11.3 Å². The molecule has 0 spiro atoms. The van der Waals surface area contributed by atoms with Crippen molar-refractivity contribution >= 4 is 5.97 Å². The van der Waals surface area contributed by atoms with Gasteiger partial charge in [-0.1, -0.05) is 18.2 Å². The summed E-state index contributed by atoms with van der Waals surface area (Å²) >= 11 is 0. The highest BCUT2D eigenvalue weighted by Gasteiger charge is 2.16. The van der Waals surface area contributed by atoms with Crippen LogP contribution in [0.25, 0.3) is 0 Å². The molecule has 0 aliphatic rings. The van der Waals surface area contributed by atoms with E-state index >= 15 is 0 Å². The van der Waals surface area contributed by atoms with Crippen LogP contribution < -0.4 is 10.1 Å². The Morgan fingerprint density at radius 3 is 2.86 bits per heavy atom. The number of ether oxygens (including phenoxy) is 1. The summed E-state index contributed by atoms with van der Waals surface area (Å²) in [6, 6.07) is 7.78. The van der Waals surface area contributed by atoms with Crippen molar-refractivity contribution in [2.45, 2.75) is 19.5 Å². The molecule has 2 rings (SSSR count). The molecule has 0 bridgehead atoms. The van der Waals surface area contributed by atoms with Crippen LogP contribution in [0.15, 0.2) is 30.5 Å². The number of aryl methyl sites for hydroxylation is 1. The molecule has 0 saturated heterocycles. The summed E-state index contributed by atoms with van der Waals surface area (Å²) in [5.74, 6) is -0.161. The van der Waals surface area contributed by atoms with E-state index in [2.05, 4.69) is 10.4 Å². The highest BCUT2D eigenvalue weighted by atomic mass is 16.5. The summed E-state index contributed by atoms with van der Waals surface area (Å²) in [4.78, 5) is 11.1. The first-order chi connectivity index (χ1) is 10.0. The number of benzene rings is 1. The summed E-state index contributed by atoms with van der Waals surface area (Å²) < 4.78 is 6.91. The van der Waals surface area contributed by atoms with Crippen molar-refractivity contribution in [2.75, 3.05) is 7.11 Å². The summed E-state index contributed by atoms with van der Waals surface area (Å²) in [6.07, 6.45) is 1.37. The zero-order valence-electron chi connectivity index (χ0n) is 12.3. The predicted molar refractivity (Wildman–Crippen MR) is 78.4 cm³/mol. The van der Waals surface area contributed by atoms with Crippen molar-refractivity contribution in [2.24, 2.45) is 7.05 Å². The molecular weight excluding hydrogens is 270 g/mol. The molecule has 0 amide bonds. The van der Waals surface area contributed by atoms with Crippen molar-refractivity contribution in [1.82, 2.24) is 15.1 Å². The summed E-state index contributed by atoms with van der Waals surface area (Å²) in [7, 11) is 3.37. The van der Waals surface area contributed by atoms with Crippen LogP contribution >= 0.6 is 0 Å². The second-order valence-corrected chi connectivity index (χ2v) is 4.78. The van der Waals surface area contributed by atoms with Crippen LogP contribution in [0.5, 0.6) is 5.75 Å². The third kappa shape index (κ3) is 3.22. The van der Waals surface area contributed by atoms with Gasteiger partial charge in [0.15, 0.2) is 0 Å². The number of rotatable bonds is 6. The van der Waals surface area contributed by atoms with Crippen molar-refractivity contribution in [3.63, 3.8) is 0 Å². The molecule has 6 nitrogen and oxygen atoms in total. The molecule has 6 heteroatoms.